The summed E-state index contributed by atoms with van der Waals surface area (Å²) in [7, 11) is 0. The van der Waals surface area contributed by atoms with Crippen LogP contribution >= 0.6 is 0 Å². The Hall–Kier alpha value is -3.94. The summed E-state index contributed by atoms with van der Waals surface area (Å²) in [5, 5.41) is 6.34. The second kappa shape index (κ2) is 11.0. The summed E-state index contributed by atoms with van der Waals surface area (Å²) in [6.07, 6.45) is 1.70. The first-order valence-electron chi connectivity index (χ1n) is 11.8. The normalized spacial score (nSPS) is 14.7. The van der Waals surface area contributed by atoms with Crippen molar-refractivity contribution in [3.8, 4) is 0 Å². The average molecular weight is 471 g/mol. The van der Waals surface area contributed by atoms with E-state index >= 15 is 0 Å². The molecular weight excluding hydrogens is 440 g/mol. The molecule has 7 nitrogen and oxygen atoms in total. The number of esters is 1. The van der Waals surface area contributed by atoms with Crippen LogP contribution in [0.15, 0.2) is 72.8 Å². The fourth-order valence-corrected chi connectivity index (χ4v) is 4.11. The molecule has 0 bridgehead atoms. The van der Waals surface area contributed by atoms with Gasteiger partial charge in [0.2, 0.25) is 0 Å². The van der Waals surface area contributed by atoms with Gasteiger partial charge in [0.25, 0.3) is 5.91 Å². The van der Waals surface area contributed by atoms with Crippen molar-refractivity contribution in [3.05, 3.63) is 95.1 Å². The zero-order valence-electron chi connectivity index (χ0n) is 19.7. The van der Waals surface area contributed by atoms with Crippen molar-refractivity contribution < 1.29 is 14.3 Å². The van der Waals surface area contributed by atoms with E-state index in [-0.39, 0.29) is 18.6 Å². The highest BCUT2D eigenvalue weighted by Crippen LogP contribution is 2.38. The maximum absolute atomic E-state index is 13.1. The van der Waals surface area contributed by atoms with Gasteiger partial charge in [-0.05, 0) is 61.7 Å². The van der Waals surface area contributed by atoms with E-state index in [2.05, 4.69) is 10.6 Å². The van der Waals surface area contributed by atoms with Crippen molar-refractivity contribution in [2.75, 3.05) is 23.8 Å². The van der Waals surface area contributed by atoms with Gasteiger partial charge in [0.15, 0.2) is 0 Å². The second-order valence-electron chi connectivity index (χ2n) is 8.34. The van der Waals surface area contributed by atoms with Gasteiger partial charge in [0.1, 0.15) is 0 Å². The average Bonchev–Trinajstić information content (AvgIpc) is 3.21. The Morgan fingerprint density at radius 1 is 1.03 bits per heavy atom. The Kier molecular flexibility index (Phi) is 7.60. The first-order valence-corrected chi connectivity index (χ1v) is 11.8. The van der Waals surface area contributed by atoms with Crippen LogP contribution in [-0.4, -0.2) is 25.0 Å². The number of carbonyl (C=O) groups is 2. The molecule has 0 fully saturated rings. The Morgan fingerprint density at radius 3 is 2.46 bits per heavy atom. The van der Waals surface area contributed by atoms with Crippen molar-refractivity contribution in [2.24, 2.45) is 11.5 Å². The van der Waals surface area contributed by atoms with Crippen molar-refractivity contribution in [1.82, 2.24) is 0 Å². The number of hydrogen-bond donors (Lipinski definition) is 4. The van der Waals surface area contributed by atoms with Crippen LogP contribution in [-0.2, 0) is 9.53 Å². The van der Waals surface area contributed by atoms with Gasteiger partial charge in [0, 0.05) is 17.3 Å². The highest BCUT2D eigenvalue weighted by Gasteiger charge is 2.29. The van der Waals surface area contributed by atoms with Crippen LogP contribution in [0.2, 0.25) is 0 Å². The van der Waals surface area contributed by atoms with Crippen molar-refractivity contribution in [2.45, 2.75) is 25.8 Å². The van der Waals surface area contributed by atoms with Crippen LogP contribution in [0.1, 0.15) is 52.9 Å². The van der Waals surface area contributed by atoms with Gasteiger partial charge in [0.05, 0.1) is 29.1 Å². The fraction of sp³-hybridized carbons (Fsp3) is 0.214. The lowest BCUT2D eigenvalue weighted by molar-refractivity contribution is -0.110. The number of anilines is 2. The SMILES string of the molecule is CCOC(=O)c1ccc2c(c1)NC(=O)C2=C(Nc1ccc(C(N)CCCN)cc1)c1ccccc1. The molecule has 35 heavy (non-hydrogen) atoms. The van der Waals surface area contributed by atoms with Gasteiger partial charge in [-0.1, -0.05) is 48.5 Å². The third-order valence-corrected chi connectivity index (χ3v) is 5.92. The minimum Gasteiger partial charge on any atom is -0.462 e. The first-order chi connectivity index (χ1) is 17.0. The molecule has 0 aromatic heterocycles. The van der Waals surface area contributed by atoms with Crippen molar-refractivity contribution in [3.63, 3.8) is 0 Å². The predicted octanol–water partition coefficient (Wildman–Crippen LogP) is 4.53. The van der Waals surface area contributed by atoms with E-state index in [4.69, 9.17) is 16.2 Å². The zero-order chi connectivity index (χ0) is 24.8. The molecule has 0 aliphatic carbocycles. The van der Waals surface area contributed by atoms with E-state index in [0.717, 1.165) is 35.2 Å². The van der Waals surface area contributed by atoms with Gasteiger partial charge in [-0.15, -0.1) is 0 Å². The lowest BCUT2D eigenvalue weighted by Crippen LogP contribution is -2.13. The number of amides is 1. The van der Waals surface area contributed by atoms with Gasteiger partial charge in [-0.3, -0.25) is 4.79 Å². The lowest BCUT2D eigenvalue weighted by Gasteiger charge is -2.16. The Balaban J connectivity index is 1.71. The number of ether oxygens (including phenoxy) is 1. The van der Waals surface area contributed by atoms with Crippen LogP contribution in [0.4, 0.5) is 11.4 Å². The summed E-state index contributed by atoms with van der Waals surface area (Å²) in [6, 6.07) is 22.6. The molecule has 7 heteroatoms. The minimum absolute atomic E-state index is 0.0689. The predicted molar refractivity (Wildman–Crippen MR) is 140 cm³/mol. The first kappa shape index (κ1) is 24.2. The summed E-state index contributed by atoms with van der Waals surface area (Å²) < 4.78 is 5.09. The van der Waals surface area contributed by atoms with Crippen LogP contribution in [0, 0.1) is 0 Å². The van der Waals surface area contributed by atoms with Gasteiger partial charge < -0.3 is 26.8 Å². The monoisotopic (exact) mass is 470 g/mol. The molecule has 1 aliphatic rings. The van der Waals surface area contributed by atoms with E-state index in [1.54, 1.807) is 25.1 Å². The quantitative estimate of drug-likeness (QED) is 0.269. The van der Waals surface area contributed by atoms with E-state index in [1.165, 1.54) is 0 Å². The van der Waals surface area contributed by atoms with E-state index in [1.807, 2.05) is 54.6 Å². The molecule has 0 spiro atoms. The summed E-state index contributed by atoms with van der Waals surface area (Å²) in [4.78, 5) is 25.3. The molecule has 180 valence electrons. The molecule has 0 saturated heterocycles. The van der Waals surface area contributed by atoms with E-state index in [0.29, 0.717) is 29.1 Å². The standard InChI is InChI=1S/C28H30N4O3/c1-2-35-28(34)20-12-15-22-24(17-20)32-27(33)25(22)26(19-7-4-3-5-8-19)31-21-13-10-18(11-14-21)23(30)9-6-16-29/h3-5,7-8,10-15,17,23,31H,2,6,9,16,29-30H2,1H3,(H,32,33). The summed E-state index contributed by atoms with van der Waals surface area (Å²) in [6.45, 7) is 2.66. The van der Waals surface area contributed by atoms with Crippen LogP contribution < -0.4 is 22.1 Å². The van der Waals surface area contributed by atoms with Crippen LogP contribution in [0.25, 0.3) is 11.3 Å². The maximum atomic E-state index is 13.1. The number of fused-ring (bicyclic) bond motifs is 1. The molecule has 4 rings (SSSR count). The Labute approximate surface area is 205 Å². The van der Waals surface area contributed by atoms with E-state index < -0.39 is 5.97 Å². The third kappa shape index (κ3) is 5.42. The molecule has 1 atom stereocenters. The molecule has 3 aromatic carbocycles. The maximum Gasteiger partial charge on any atom is 0.338 e. The Morgan fingerprint density at radius 2 is 1.77 bits per heavy atom. The van der Waals surface area contributed by atoms with Gasteiger partial charge in [-0.2, -0.15) is 0 Å². The second-order valence-corrected chi connectivity index (χ2v) is 8.34. The Bertz CT molecular complexity index is 1240. The molecule has 1 amide bonds. The molecule has 3 aromatic rings. The number of rotatable bonds is 9. The largest absolute Gasteiger partial charge is 0.462 e. The highest BCUT2D eigenvalue weighted by atomic mass is 16.5. The van der Waals surface area contributed by atoms with Crippen molar-refractivity contribution in [1.29, 1.82) is 0 Å². The molecule has 1 aliphatic heterocycles. The lowest BCUT2D eigenvalue weighted by atomic mass is 9.98. The fourth-order valence-electron chi connectivity index (χ4n) is 4.11. The molecule has 1 unspecified atom stereocenters. The van der Waals surface area contributed by atoms with Crippen LogP contribution in [0.5, 0.6) is 0 Å². The number of nitrogens with one attached hydrogen (secondary N) is 2. The number of nitrogens with two attached hydrogens (primary N) is 2. The third-order valence-electron chi connectivity index (χ3n) is 5.92. The molecule has 0 saturated carbocycles. The number of carbonyl (C=O) groups excluding carboxylic acids is 2. The summed E-state index contributed by atoms with van der Waals surface area (Å²) in [5.74, 6) is -0.666. The topological polar surface area (TPSA) is 119 Å². The number of hydrogen-bond acceptors (Lipinski definition) is 6. The summed E-state index contributed by atoms with van der Waals surface area (Å²) >= 11 is 0. The van der Waals surface area contributed by atoms with Crippen LogP contribution in [0.3, 0.4) is 0 Å². The minimum atomic E-state index is -0.423. The number of benzene rings is 3. The molecule has 0 radical (unpaired) electrons. The highest BCUT2D eigenvalue weighted by molar-refractivity contribution is 6.37. The molecule has 1 heterocycles. The summed E-state index contributed by atoms with van der Waals surface area (Å²) in [5.41, 5.74) is 17.5. The van der Waals surface area contributed by atoms with E-state index in [9.17, 15) is 9.59 Å². The molecular formula is C28H30N4O3. The van der Waals surface area contributed by atoms with Crippen molar-refractivity contribution >= 4 is 34.5 Å². The zero-order valence-corrected chi connectivity index (χ0v) is 19.7. The molecule has 6 N–H and O–H groups in total. The van der Waals surface area contributed by atoms with Gasteiger partial charge in [-0.25, -0.2) is 4.79 Å². The smallest absolute Gasteiger partial charge is 0.338 e. The van der Waals surface area contributed by atoms with Gasteiger partial charge >= 0.3 is 5.97 Å².